The summed E-state index contributed by atoms with van der Waals surface area (Å²) in [5, 5.41) is 0. The Hall–Kier alpha value is -1.33. The monoisotopic (exact) mass is 210 g/mol. The number of ether oxygens (including phenoxy) is 1. The average Bonchev–Trinajstić information content (AvgIpc) is 1.95. The lowest BCUT2D eigenvalue weighted by atomic mass is 10.3. The van der Waals surface area contributed by atoms with Gasteiger partial charge in [-0.25, -0.2) is 0 Å². The molecule has 6 heteroatoms. The first-order chi connectivity index (χ1) is 6.31. The molecule has 0 fully saturated rings. The molecule has 3 nitrogen and oxygen atoms in total. The van der Waals surface area contributed by atoms with Crippen LogP contribution in [0.4, 0.5) is 13.2 Å². The fourth-order valence-electron chi connectivity index (χ4n) is 0.551. The van der Waals surface area contributed by atoms with Crippen molar-refractivity contribution in [2.45, 2.75) is 25.9 Å². The molecule has 0 atom stereocenters. The second-order valence-corrected chi connectivity index (χ2v) is 2.56. The van der Waals surface area contributed by atoms with Gasteiger partial charge in [0.05, 0.1) is 12.7 Å². The largest absolute Gasteiger partial charge is 0.435 e. The summed E-state index contributed by atoms with van der Waals surface area (Å²) in [5.41, 5.74) is 0. The van der Waals surface area contributed by atoms with E-state index in [-0.39, 0.29) is 0 Å². The summed E-state index contributed by atoms with van der Waals surface area (Å²) in [5.74, 6) is -1.27. The van der Waals surface area contributed by atoms with Gasteiger partial charge in [0.25, 0.3) is 0 Å². The molecular weight excluding hydrogens is 201 g/mol. The highest BCUT2D eigenvalue weighted by Gasteiger charge is 2.24. The SMILES string of the molecule is CC(=O)CC(=O)O/C=C/CC(F)(F)F. The number of hydrogen-bond acceptors (Lipinski definition) is 3. The zero-order chi connectivity index (χ0) is 11.2. The number of Topliss-reactive ketones (excluding diaryl/α,β-unsaturated/α-hetero) is 1. The Labute approximate surface area is 78.5 Å². The summed E-state index contributed by atoms with van der Waals surface area (Å²) in [6.07, 6.45) is -4.61. The number of carbonyl (C=O) groups excluding carboxylic acids is 2. The van der Waals surface area contributed by atoms with E-state index in [1.165, 1.54) is 6.92 Å². The van der Waals surface area contributed by atoms with Crippen molar-refractivity contribution in [3.05, 3.63) is 12.3 Å². The molecule has 0 aliphatic rings. The van der Waals surface area contributed by atoms with Crippen LogP contribution in [0.3, 0.4) is 0 Å². The molecule has 0 saturated heterocycles. The molecule has 0 amide bonds. The van der Waals surface area contributed by atoms with Crippen molar-refractivity contribution < 1.29 is 27.5 Å². The molecule has 0 unspecified atom stereocenters. The number of allylic oxidation sites excluding steroid dienone is 1. The van der Waals surface area contributed by atoms with Crippen molar-refractivity contribution in [1.82, 2.24) is 0 Å². The van der Waals surface area contributed by atoms with Crippen LogP contribution in [0.25, 0.3) is 0 Å². The molecule has 0 radical (unpaired) electrons. The van der Waals surface area contributed by atoms with E-state index in [4.69, 9.17) is 0 Å². The highest BCUT2D eigenvalue weighted by atomic mass is 19.4. The van der Waals surface area contributed by atoms with Gasteiger partial charge in [-0.3, -0.25) is 9.59 Å². The van der Waals surface area contributed by atoms with E-state index in [0.717, 1.165) is 0 Å². The third kappa shape index (κ3) is 8.76. The molecule has 0 aromatic heterocycles. The number of alkyl halides is 3. The number of esters is 1. The Balaban J connectivity index is 3.72. The first kappa shape index (κ1) is 12.7. The third-order valence-corrected chi connectivity index (χ3v) is 1.04. The molecule has 0 aliphatic heterocycles. The van der Waals surface area contributed by atoms with Crippen LogP contribution in [0.2, 0.25) is 0 Å². The fourth-order valence-corrected chi connectivity index (χ4v) is 0.551. The highest BCUT2D eigenvalue weighted by molar-refractivity contribution is 5.94. The molecule has 0 aromatic carbocycles. The minimum absolute atomic E-state index is 0.403. The van der Waals surface area contributed by atoms with Gasteiger partial charge < -0.3 is 4.74 Å². The predicted octanol–water partition coefficient (Wildman–Crippen LogP) is 1.97. The minimum Gasteiger partial charge on any atom is -0.435 e. The normalized spacial score (nSPS) is 11.7. The van der Waals surface area contributed by atoms with E-state index in [2.05, 4.69) is 4.74 Å². The summed E-state index contributed by atoms with van der Waals surface area (Å²) < 4.78 is 38.8. The van der Waals surface area contributed by atoms with Crippen LogP contribution in [0, 0.1) is 0 Å². The van der Waals surface area contributed by atoms with Crippen LogP contribution < -0.4 is 0 Å². The molecule has 0 heterocycles. The molecule has 0 rings (SSSR count). The molecule has 0 aliphatic carbocycles. The van der Waals surface area contributed by atoms with E-state index >= 15 is 0 Å². The number of ketones is 1. The van der Waals surface area contributed by atoms with E-state index in [0.29, 0.717) is 12.3 Å². The molecular formula is C8H9F3O3. The van der Waals surface area contributed by atoms with Crippen molar-refractivity contribution in [1.29, 1.82) is 0 Å². The molecule has 0 aromatic rings. The van der Waals surface area contributed by atoms with Gasteiger partial charge in [-0.2, -0.15) is 13.2 Å². The van der Waals surface area contributed by atoms with Crippen molar-refractivity contribution >= 4 is 11.8 Å². The summed E-state index contributed by atoms with van der Waals surface area (Å²) >= 11 is 0. The topological polar surface area (TPSA) is 43.4 Å². The molecule has 0 spiro atoms. The van der Waals surface area contributed by atoms with Gasteiger partial charge >= 0.3 is 12.1 Å². The van der Waals surface area contributed by atoms with Crippen LogP contribution in [0.5, 0.6) is 0 Å². The maximum Gasteiger partial charge on any atom is 0.392 e. The molecule has 14 heavy (non-hydrogen) atoms. The average molecular weight is 210 g/mol. The van der Waals surface area contributed by atoms with Gasteiger partial charge in [-0.05, 0) is 13.0 Å². The standard InChI is InChI=1S/C8H9F3O3/c1-6(12)5-7(13)14-4-2-3-8(9,10)11/h2,4H,3,5H2,1H3/b4-2+. The third-order valence-electron chi connectivity index (χ3n) is 1.04. The second-order valence-electron chi connectivity index (χ2n) is 2.56. The Morgan fingerprint density at radius 3 is 2.36 bits per heavy atom. The first-order valence-electron chi connectivity index (χ1n) is 3.72. The zero-order valence-corrected chi connectivity index (χ0v) is 7.43. The summed E-state index contributed by atoms with van der Waals surface area (Å²) in [7, 11) is 0. The van der Waals surface area contributed by atoms with E-state index in [1.54, 1.807) is 0 Å². The Kier molecular flexibility index (Phi) is 4.90. The summed E-state index contributed by atoms with van der Waals surface area (Å²) in [4.78, 5) is 20.9. The lowest BCUT2D eigenvalue weighted by Crippen LogP contribution is -2.06. The van der Waals surface area contributed by atoms with Gasteiger partial charge in [-0.1, -0.05) is 0 Å². The van der Waals surface area contributed by atoms with Crippen molar-refractivity contribution in [3.8, 4) is 0 Å². The van der Waals surface area contributed by atoms with Crippen LogP contribution in [-0.2, 0) is 14.3 Å². The smallest absolute Gasteiger partial charge is 0.392 e. The van der Waals surface area contributed by atoms with Crippen molar-refractivity contribution in [2.24, 2.45) is 0 Å². The molecule has 0 bridgehead atoms. The predicted molar refractivity (Wildman–Crippen MR) is 41.2 cm³/mol. The van der Waals surface area contributed by atoms with Crippen LogP contribution in [-0.4, -0.2) is 17.9 Å². The van der Waals surface area contributed by atoms with Gasteiger partial charge in [0.15, 0.2) is 0 Å². The van der Waals surface area contributed by atoms with Gasteiger partial charge in [0, 0.05) is 0 Å². The van der Waals surface area contributed by atoms with Gasteiger partial charge in [0.2, 0.25) is 0 Å². The van der Waals surface area contributed by atoms with Crippen molar-refractivity contribution in [3.63, 3.8) is 0 Å². The molecule has 0 saturated carbocycles. The summed E-state index contributed by atoms with van der Waals surface area (Å²) in [6, 6.07) is 0. The van der Waals surface area contributed by atoms with Crippen LogP contribution >= 0.6 is 0 Å². The first-order valence-corrected chi connectivity index (χ1v) is 3.72. The summed E-state index contributed by atoms with van der Waals surface area (Å²) in [6.45, 7) is 1.18. The molecule has 0 N–H and O–H groups in total. The van der Waals surface area contributed by atoms with Gasteiger partial charge in [0.1, 0.15) is 12.2 Å². The minimum atomic E-state index is -4.32. The van der Waals surface area contributed by atoms with Crippen LogP contribution in [0.15, 0.2) is 12.3 Å². The number of halogens is 3. The van der Waals surface area contributed by atoms with Crippen LogP contribution in [0.1, 0.15) is 19.8 Å². The maximum absolute atomic E-state index is 11.5. The molecule has 80 valence electrons. The lowest BCUT2D eigenvalue weighted by Gasteiger charge is -2.00. The second kappa shape index (κ2) is 5.41. The fraction of sp³-hybridized carbons (Fsp3) is 0.500. The van der Waals surface area contributed by atoms with E-state index in [9.17, 15) is 22.8 Å². The quantitative estimate of drug-likeness (QED) is 0.404. The maximum atomic E-state index is 11.5. The van der Waals surface area contributed by atoms with E-state index < -0.39 is 30.8 Å². The Morgan fingerprint density at radius 2 is 1.93 bits per heavy atom. The highest BCUT2D eigenvalue weighted by Crippen LogP contribution is 2.19. The Morgan fingerprint density at radius 1 is 1.36 bits per heavy atom. The number of carbonyl (C=O) groups is 2. The van der Waals surface area contributed by atoms with Gasteiger partial charge in [-0.15, -0.1) is 0 Å². The number of hydrogen-bond donors (Lipinski definition) is 0. The lowest BCUT2D eigenvalue weighted by molar-refractivity contribution is -0.141. The van der Waals surface area contributed by atoms with Crippen molar-refractivity contribution in [2.75, 3.05) is 0 Å². The van der Waals surface area contributed by atoms with E-state index in [1.807, 2.05) is 0 Å². The Bertz CT molecular complexity index is 243. The number of rotatable bonds is 4. The zero-order valence-electron chi connectivity index (χ0n) is 7.43.